The van der Waals surface area contributed by atoms with Gasteiger partial charge in [0.25, 0.3) is 5.91 Å². The Bertz CT molecular complexity index is 1180. The molecule has 0 saturated heterocycles. The number of rotatable bonds is 7. The van der Waals surface area contributed by atoms with Crippen molar-refractivity contribution in [2.24, 2.45) is 5.14 Å². The van der Waals surface area contributed by atoms with E-state index in [0.717, 1.165) is 0 Å². The number of anilines is 1. The summed E-state index contributed by atoms with van der Waals surface area (Å²) in [5.41, 5.74) is 1.07. The quantitative estimate of drug-likeness (QED) is 0.543. The van der Waals surface area contributed by atoms with E-state index in [1.54, 1.807) is 36.4 Å². The number of benzene rings is 3. The molecule has 3 aromatic carbocycles. The van der Waals surface area contributed by atoms with Gasteiger partial charge in [-0.05, 0) is 42.5 Å². The summed E-state index contributed by atoms with van der Waals surface area (Å²) in [5.74, 6) is -0.563. The first kappa shape index (κ1) is 21.5. The molecule has 0 aliphatic rings. The Morgan fingerprint density at radius 1 is 0.967 bits per heavy atom. The third kappa shape index (κ3) is 5.44. The molecule has 1 amide bonds. The van der Waals surface area contributed by atoms with Crippen LogP contribution in [0.3, 0.4) is 0 Å². The third-order valence-electron chi connectivity index (χ3n) is 4.05. The molecule has 0 aliphatic heterocycles. The zero-order valence-corrected chi connectivity index (χ0v) is 17.1. The summed E-state index contributed by atoms with van der Waals surface area (Å²) in [4.78, 5) is 24.9. The standard InChI is InChI=1S/C21H17ClN2O5S/c22-15-6-11-19(18(12-15)21(26)14-4-2-1-3-5-14)29-13-20(25)24-16-7-9-17(10-8-16)30(23,27)28/h1-12H,13H2,(H,24,25)(H2,23,27,28). The summed E-state index contributed by atoms with van der Waals surface area (Å²) < 4.78 is 28.1. The maximum Gasteiger partial charge on any atom is 0.262 e. The zero-order valence-electron chi connectivity index (χ0n) is 15.5. The van der Waals surface area contributed by atoms with Gasteiger partial charge in [0.05, 0.1) is 10.5 Å². The van der Waals surface area contributed by atoms with Gasteiger partial charge in [0.15, 0.2) is 12.4 Å². The molecular weight excluding hydrogens is 428 g/mol. The van der Waals surface area contributed by atoms with E-state index in [-0.39, 0.29) is 28.6 Å². The molecule has 0 atom stereocenters. The fourth-order valence-electron chi connectivity index (χ4n) is 2.62. The number of carbonyl (C=O) groups excluding carboxylic acids is 2. The first-order valence-corrected chi connectivity index (χ1v) is 10.6. The van der Waals surface area contributed by atoms with Crippen molar-refractivity contribution in [3.8, 4) is 5.75 Å². The van der Waals surface area contributed by atoms with E-state index in [0.29, 0.717) is 16.3 Å². The largest absolute Gasteiger partial charge is 0.483 e. The lowest BCUT2D eigenvalue weighted by Gasteiger charge is -2.12. The molecule has 30 heavy (non-hydrogen) atoms. The first-order valence-electron chi connectivity index (χ1n) is 8.69. The average molecular weight is 445 g/mol. The Morgan fingerprint density at radius 2 is 1.63 bits per heavy atom. The smallest absolute Gasteiger partial charge is 0.262 e. The third-order valence-corrected chi connectivity index (χ3v) is 5.21. The molecule has 0 spiro atoms. The number of hydrogen-bond acceptors (Lipinski definition) is 5. The Hall–Kier alpha value is -3.20. The Kier molecular flexibility index (Phi) is 6.51. The highest BCUT2D eigenvalue weighted by atomic mass is 35.5. The molecule has 0 bridgehead atoms. The molecule has 3 N–H and O–H groups in total. The van der Waals surface area contributed by atoms with Crippen molar-refractivity contribution in [2.75, 3.05) is 11.9 Å². The van der Waals surface area contributed by atoms with Crippen LogP contribution in [0, 0.1) is 0 Å². The van der Waals surface area contributed by atoms with Crippen molar-refractivity contribution in [3.63, 3.8) is 0 Å². The minimum atomic E-state index is -3.81. The summed E-state index contributed by atoms with van der Waals surface area (Å²) in [6.45, 7) is -0.367. The Morgan fingerprint density at radius 3 is 2.27 bits per heavy atom. The molecule has 0 unspecified atom stereocenters. The highest BCUT2D eigenvalue weighted by molar-refractivity contribution is 7.89. The van der Waals surface area contributed by atoms with Gasteiger partial charge in [0, 0.05) is 16.3 Å². The summed E-state index contributed by atoms with van der Waals surface area (Å²) in [6, 6.07) is 18.6. The van der Waals surface area contributed by atoms with Crippen LogP contribution in [-0.2, 0) is 14.8 Å². The molecule has 0 radical (unpaired) electrons. The van der Waals surface area contributed by atoms with E-state index in [4.69, 9.17) is 21.5 Å². The predicted octanol–water partition coefficient (Wildman–Crippen LogP) is 3.24. The van der Waals surface area contributed by atoms with Gasteiger partial charge in [-0.1, -0.05) is 41.9 Å². The molecule has 0 heterocycles. The first-order chi connectivity index (χ1) is 14.2. The number of hydrogen-bond donors (Lipinski definition) is 2. The number of sulfonamides is 1. The topological polar surface area (TPSA) is 116 Å². The van der Waals surface area contributed by atoms with E-state index in [1.807, 2.05) is 0 Å². The number of nitrogens with one attached hydrogen (secondary N) is 1. The van der Waals surface area contributed by atoms with Crippen LogP contribution in [0.25, 0.3) is 0 Å². The number of ketones is 1. The molecule has 154 valence electrons. The van der Waals surface area contributed by atoms with Crippen LogP contribution < -0.4 is 15.2 Å². The Labute approximate surface area is 178 Å². The number of ether oxygens (including phenoxy) is 1. The lowest BCUT2D eigenvalue weighted by molar-refractivity contribution is -0.118. The molecule has 0 fully saturated rings. The van der Waals surface area contributed by atoms with Crippen LogP contribution in [0.5, 0.6) is 5.75 Å². The van der Waals surface area contributed by atoms with Gasteiger partial charge in [0.1, 0.15) is 5.75 Å². The molecule has 0 aliphatic carbocycles. The van der Waals surface area contributed by atoms with Gasteiger partial charge in [-0.15, -0.1) is 0 Å². The van der Waals surface area contributed by atoms with Crippen molar-refractivity contribution in [2.45, 2.75) is 4.90 Å². The molecular formula is C21H17ClN2O5S. The molecule has 7 nitrogen and oxygen atoms in total. The van der Waals surface area contributed by atoms with E-state index < -0.39 is 15.9 Å². The predicted molar refractivity (Wildman–Crippen MR) is 113 cm³/mol. The second-order valence-corrected chi connectivity index (χ2v) is 8.24. The minimum absolute atomic E-state index is 0.0676. The second kappa shape index (κ2) is 9.08. The highest BCUT2D eigenvalue weighted by Gasteiger charge is 2.16. The lowest BCUT2D eigenvalue weighted by Crippen LogP contribution is -2.21. The van der Waals surface area contributed by atoms with Gasteiger partial charge >= 0.3 is 0 Å². The SMILES string of the molecule is NS(=O)(=O)c1ccc(NC(=O)COc2ccc(Cl)cc2C(=O)c2ccccc2)cc1. The lowest BCUT2D eigenvalue weighted by atomic mass is 10.0. The van der Waals surface area contributed by atoms with Gasteiger partial charge in [-0.2, -0.15) is 0 Å². The molecule has 3 aromatic rings. The van der Waals surface area contributed by atoms with Crippen molar-refractivity contribution in [1.29, 1.82) is 0 Å². The average Bonchev–Trinajstić information content (AvgIpc) is 2.72. The van der Waals surface area contributed by atoms with Gasteiger partial charge in [-0.3, -0.25) is 9.59 Å². The number of carbonyl (C=O) groups is 2. The molecule has 9 heteroatoms. The van der Waals surface area contributed by atoms with Crippen LogP contribution >= 0.6 is 11.6 Å². The van der Waals surface area contributed by atoms with Crippen LogP contribution in [0.4, 0.5) is 5.69 Å². The van der Waals surface area contributed by atoms with Crippen molar-refractivity contribution in [3.05, 3.63) is 88.9 Å². The minimum Gasteiger partial charge on any atom is -0.483 e. The fourth-order valence-corrected chi connectivity index (χ4v) is 3.31. The van der Waals surface area contributed by atoms with Gasteiger partial charge < -0.3 is 10.1 Å². The summed E-state index contributed by atoms with van der Waals surface area (Å²) in [6.07, 6.45) is 0. The maximum absolute atomic E-state index is 12.8. The summed E-state index contributed by atoms with van der Waals surface area (Å²) >= 11 is 6.02. The fraction of sp³-hybridized carbons (Fsp3) is 0.0476. The highest BCUT2D eigenvalue weighted by Crippen LogP contribution is 2.25. The van der Waals surface area contributed by atoms with Gasteiger partial charge in [-0.25, -0.2) is 13.6 Å². The summed E-state index contributed by atoms with van der Waals surface area (Å²) in [5, 5.41) is 7.97. The van der Waals surface area contributed by atoms with Crippen molar-refractivity contribution in [1.82, 2.24) is 0 Å². The van der Waals surface area contributed by atoms with Gasteiger partial charge in [0.2, 0.25) is 10.0 Å². The normalized spacial score (nSPS) is 11.0. The molecule has 0 aromatic heterocycles. The second-order valence-electron chi connectivity index (χ2n) is 6.24. The van der Waals surface area contributed by atoms with Crippen LogP contribution in [0.1, 0.15) is 15.9 Å². The van der Waals surface area contributed by atoms with E-state index >= 15 is 0 Å². The molecule has 3 rings (SSSR count). The number of primary sulfonamides is 1. The van der Waals surface area contributed by atoms with E-state index in [1.165, 1.54) is 36.4 Å². The summed E-state index contributed by atoms with van der Waals surface area (Å²) in [7, 11) is -3.81. The monoisotopic (exact) mass is 444 g/mol. The molecule has 0 saturated carbocycles. The van der Waals surface area contributed by atoms with Crippen molar-refractivity contribution >= 4 is 39.0 Å². The van der Waals surface area contributed by atoms with E-state index in [9.17, 15) is 18.0 Å². The van der Waals surface area contributed by atoms with Crippen LogP contribution in [0.15, 0.2) is 77.7 Å². The van der Waals surface area contributed by atoms with Crippen LogP contribution in [0.2, 0.25) is 5.02 Å². The Balaban J connectivity index is 1.70. The van der Waals surface area contributed by atoms with E-state index in [2.05, 4.69) is 5.32 Å². The zero-order chi connectivity index (χ0) is 21.7. The number of amides is 1. The van der Waals surface area contributed by atoms with Crippen LogP contribution in [-0.4, -0.2) is 26.7 Å². The number of halogens is 1. The maximum atomic E-state index is 12.8. The van der Waals surface area contributed by atoms with Crippen molar-refractivity contribution < 1.29 is 22.7 Å². The number of nitrogens with two attached hydrogens (primary N) is 1.